The molecule has 3 rings (SSSR count). The summed E-state index contributed by atoms with van der Waals surface area (Å²) in [7, 11) is 1.82. The predicted octanol–water partition coefficient (Wildman–Crippen LogP) is 2.80. The van der Waals surface area contributed by atoms with Crippen LogP contribution in [0.3, 0.4) is 0 Å². The lowest BCUT2D eigenvalue weighted by Gasteiger charge is -2.35. The van der Waals surface area contributed by atoms with E-state index in [-0.39, 0.29) is 0 Å². The van der Waals surface area contributed by atoms with Gasteiger partial charge in [0, 0.05) is 33.2 Å². The van der Waals surface area contributed by atoms with E-state index < -0.39 is 0 Å². The molecule has 0 spiro atoms. The first-order chi connectivity index (χ1) is 12.8. The van der Waals surface area contributed by atoms with Crippen LogP contribution in [0.15, 0.2) is 46.1 Å². The first-order valence-corrected chi connectivity index (χ1v) is 10.0. The number of rotatable bonds is 6. The quantitative estimate of drug-likeness (QED) is 0.605. The maximum absolute atomic E-state index is 5.54. The number of ether oxygens (including phenoxy) is 1. The lowest BCUT2D eigenvalue weighted by Crippen LogP contribution is -2.46. The van der Waals surface area contributed by atoms with Crippen molar-refractivity contribution in [3.05, 3.63) is 57.8 Å². The van der Waals surface area contributed by atoms with E-state index in [1.165, 1.54) is 16.7 Å². The number of thiophene rings is 1. The van der Waals surface area contributed by atoms with Gasteiger partial charge in [-0.15, -0.1) is 0 Å². The summed E-state index contributed by atoms with van der Waals surface area (Å²) >= 11 is 1.72. The molecule has 0 saturated carbocycles. The van der Waals surface area contributed by atoms with Gasteiger partial charge in [0.25, 0.3) is 0 Å². The zero-order chi connectivity index (χ0) is 18.2. The second-order valence-corrected chi connectivity index (χ2v) is 7.30. The molecule has 5 nitrogen and oxygen atoms in total. The summed E-state index contributed by atoms with van der Waals surface area (Å²) < 4.78 is 5.54. The van der Waals surface area contributed by atoms with Crippen molar-refractivity contribution >= 4 is 17.3 Å². The predicted molar refractivity (Wildman–Crippen MR) is 109 cm³/mol. The van der Waals surface area contributed by atoms with Gasteiger partial charge in [-0.25, -0.2) is 0 Å². The molecule has 140 valence electrons. The number of aliphatic imine (C=N–C) groups is 1. The summed E-state index contributed by atoms with van der Waals surface area (Å²) in [5.41, 5.74) is 3.91. The van der Waals surface area contributed by atoms with Crippen LogP contribution in [0, 0.1) is 6.92 Å². The Balaban J connectivity index is 1.64. The number of benzene rings is 1. The van der Waals surface area contributed by atoms with Gasteiger partial charge in [-0.05, 0) is 34.9 Å². The van der Waals surface area contributed by atoms with Gasteiger partial charge in [-0.3, -0.25) is 9.89 Å². The Hall–Kier alpha value is -1.89. The number of hydrogen-bond acceptors (Lipinski definition) is 4. The fraction of sp³-hybridized carbons (Fsp3) is 0.450. The molecule has 2 aromatic rings. The van der Waals surface area contributed by atoms with E-state index in [9.17, 15) is 0 Å². The molecular formula is C20H28N4OS. The van der Waals surface area contributed by atoms with Gasteiger partial charge in [-0.2, -0.15) is 11.3 Å². The molecule has 0 amide bonds. The molecule has 0 aliphatic carbocycles. The van der Waals surface area contributed by atoms with E-state index >= 15 is 0 Å². The highest BCUT2D eigenvalue weighted by atomic mass is 32.1. The van der Waals surface area contributed by atoms with Crippen molar-refractivity contribution in [3.63, 3.8) is 0 Å². The third-order valence-electron chi connectivity index (χ3n) is 4.64. The Bertz CT molecular complexity index is 696. The molecule has 1 fully saturated rings. The van der Waals surface area contributed by atoms with Gasteiger partial charge in [0.05, 0.1) is 19.3 Å². The number of aryl methyl sites for hydroxylation is 1. The second-order valence-electron chi connectivity index (χ2n) is 6.52. The zero-order valence-corrected chi connectivity index (χ0v) is 16.4. The van der Waals surface area contributed by atoms with E-state index in [1.807, 2.05) is 7.05 Å². The highest BCUT2D eigenvalue weighted by Gasteiger charge is 2.23. The molecule has 0 radical (unpaired) electrons. The Kier molecular flexibility index (Phi) is 7.05. The Morgan fingerprint density at radius 3 is 2.81 bits per heavy atom. The van der Waals surface area contributed by atoms with Gasteiger partial charge in [0.2, 0.25) is 0 Å². The van der Waals surface area contributed by atoms with Gasteiger partial charge < -0.3 is 15.4 Å². The Labute approximate surface area is 160 Å². The van der Waals surface area contributed by atoms with Crippen molar-refractivity contribution in [1.29, 1.82) is 0 Å². The maximum Gasteiger partial charge on any atom is 0.191 e. The van der Waals surface area contributed by atoms with Crippen molar-refractivity contribution in [2.45, 2.75) is 19.5 Å². The lowest BCUT2D eigenvalue weighted by atomic mass is 10.0. The molecule has 2 N–H and O–H groups in total. The molecule has 1 aliphatic heterocycles. The molecule has 1 saturated heterocycles. The third kappa shape index (κ3) is 5.30. The average Bonchev–Trinajstić information content (AvgIpc) is 3.19. The van der Waals surface area contributed by atoms with Crippen molar-refractivity contribution in [1.82, 2.24) is 15.5 Å². The monoisotopic (exact) mass is 372 g/mol. The maximum atomic E-state index is 5.54. The summed E-state index contributed by atoms with van der Waals surface area (Å²) in [6.07, 6.45) is 0. The van der Waals surface area contributed by atoms with Crippen molar-refractivity contribution in [2.24, 2.45) is 4.99 Å². The Morgan fingerprint density at radius 1 is 1.27 bits per heavy atom. The normalized spacial score (nSPS) is 17.1. The van der Waals surface area contributed by atoms with Crippen LogP contribution >= 0.6 is 11.3 Å². The lowest BCUT2D eigenvalue weighted by molar-refractivity contribution is 0.0170. The minimum atomic E-state index is 0.304. The smallest absolute Gasteiger partial charge is 0.191 e. The van der Waals surface area contributed by atoms with E-state index in [1.54, 1.807) is 11.3 Å². The van der Waals surface area contributed by atoms with E-state index in [4.69, 9.17) is 4.74 Å². The standard InChI is InChI=1S/C20H28N4OS/c1-16-4-3-5-18(12-16)19(24-7-9-25-10-8-24)14-23-20(21-2)22-13-17-6-11-26-15-17/h3-6,11-12,15,19H,7-10,13-14H2,1-2H3,(H2,21,22,23). The van der Waals surface area contributed by atoms with Crippen LogP contribution in [-0.4, -0.2) is 50.8 Å². The molecule has 1 unspecified atom stereocenters. The fourth-order valence-electron chi connectivity index (χ4n) is 3.22. The highest BCUT2D eigenvalue weighted by Crippen LogP contribution is 2.22. The SMILES string of the molecule is CN=C(NCc1ccsc1)NCC(c1cccc(C)c1)N1CCOCC1. The summed E-state index contributed by atoms with van der Waals surface area (Å²) in [4.78, 5) is 6.87. The first-order valence-electron chi connectivity index (χ1n) is 9.10. The summed E-state index contributed by atoms with van der Waals surface area (Å²) in [6.45, 7) is 7.26. The number of nitrogens with zero attached hydrogens (tertiary/aromatic N) is 2. The minimum Gasteiger partial charge on any atom is -0.379 e. The summed E-state index contributed by atoms with van der Waals surface area (Å²) in [5, 5.41) is 11.2. The first kappa shape index (κ1) is 18.9. The number of guanidine groups is 1. The Morgan fingerprint density at radius 2 is 2.12 bits per heavy atom. The fourth-order valence-corrected chi connectivity index (χ4v) is 3.89. The van der Waals surface area contributed by atoms with Crippen LogP contribution in [-0.2, 0) is 11.3 Å². The minimum absolute atomic E-state index is 0.304. The van der Waals surface area contributed by atoms with Crippen LogP contribution in [0.2, 0.25) is 0 Å². The van der Waals surface area contributed by atoms with Crippen molar-refractivity contribution < 1.29 is 4.74 Å². The number of morpholine rings is 1. The molecule has 0 bridgehead atoms. The van der Waals surface area contributed by atoms with Crippen LogP contribution in [0.25, 0.3) is 0 Å². The molecule has 1 atom stereocenters. The van der Waals surface area contributed by atoms with E-state index in [2.05, 4.69) is 68.5 Å². The van der Waals surface area contributed by atoms with Gasteiger partial charge in [0.15, 0.2) is 5.96 Å². The number of hydrogen-bond donors (Lipinski definition) is 2. The summed E-state index contributed by atoms with van der Waals surface area (Å²) in [6, 6.07) is 11.2. The van der Waals surface area contributed by atoms with Crippen LogP contribution in [0.5, 0.6) is 0 Å². The highest BCUT2D eigenvalue weighted by molar-refractivity contribution is 7.07. The average molecular weight is 373 g/mol. The van der Waals surface area contributed by atoms with Crippen LogP contribution in [0.1, 0.15) is 22.7 Å². The molecule has 6 heteroatoms. The molecule has 2 heterocycles. The van der Waals surface area contributed by atoms with Crippen molar-refractivity contribution in [3.8, 4) is 0 Å². The zero-order valence-electron chi connectivity index (χ0n) is 15.6. The molecular weight excluding hydrogens is 344 g/mol. The summed E-state index contributed by atoms with van der Waals surface area (Å²) in [5.74, 6) is 0.835. The number of nitrogens with one attached hydrogen (secondary N) is 2. The third-order valence-corrected chi connectivity index (χ3v) is 5.37. The molecule has 1 aromatic heterocycles. The van der Waals surface area contributed by atoms with Crippen molar-refractivity contribution in [2.75, 3.05) is 39.9 Å². The van der Waals surface area contributed by atoms with E-state index in [0.717, 1.165) is 45.4 Å². The van der Waals surface area contributed by atoms with Crippen LogP contribution < -0.4 is 10.6 Å². The van der Waals surface area contributed by atoms with E-state index in [0.29, 0.717) is 6.04 Å². The van der Waals surface area contributed by atoms with Gasteiger partial charge >= 0.3 is 0 Å². The second kappa shape index (κ2) is 9.71. The van der Waals surface area contributed by atoms with Gasteiger partial charge in [0.1, 0.15) is 0 Å². The molecule has 1 aromatic carbocycles. The molecule has 26 heavy (non-hydrogen) atoms. The topological polar surface area (TPSA) is 48.9 Å². The largest absolute Gasteiger partial charge is 0.379 e. The molecule has 1 aliphatic rings. The van der Waals surface area contributed by atoms with Gasteiger partial charge in [-0.1, -0.05) is 29.8 Å². The van der Waals surface area contributed by atoms with Crippen LogP contribution in [0.4, 0.5) is 0 Å².